The lowest BCUT2D eigenvalue weighted by molar-refractivity contribution is -0.384. The second-order valence-electron chi connectivity index (χ2n) is 6.71. The maximum absolute atomic E-state index is 12.8. The summed E-state index contributed by atoms with van der Waals surface area (Å²) in [4.78, 5) is 30.2. The zero-order valence-electron chi connectivity index (χ0n) is 16.9. The SMILES string of the molecule is COc1cc(OC)c2nc(NC(=O)c3ccc(N4CCOCC4)c([N+](=O)[O-])c3)sc2c1. The van der Waals surface area contributed by atoms with E-state index < -0.39 is 10.8 Å². The van der Waals surface area contributed by atoms with E-state index in [0.29, 0.717) is 54.1 Å². The molecule has 0 radical (unpaired) electrons. The molecular formula is C20H20N4O6S. The first-order chi connectivity index (χ1) is 15.0. The average molecular weight is 444 g/mol. The number of methoxy groups -OCH3 is 2. The van der Waals surface area contributed by atoms with Gasteiger partial charge < -0.3 is 19.1 Å². The Bertz CT molecular complexity index is 1140. The number of nitrogens with one attached hydrogen (secondary N) is 1. The minimum absolute atomic E-state index is 0.120. The summed E-state index contributed by atoms with van der Waals surface area (Å²) in [6.07, 6.45) is 0. The quantitative estimate of drug-likeness (QED) is 0.455. The molecule has 31 heavy (non-hydrogen) atoms. The fourth-order valence-corrected chi connectivity index (χ4v) is 4.26. The number of rotatable bonds is 6. The molecule has 10 nitrogen and oxygen atoms in total. The molecule has 0 atom stereocenters. The van der Waals surface area contributed by atoms with Crippen LogP contribution < -0.4 is 19.7 Å². The van der Waals surface area contributed by atoms with Crippen molar-refractivity contribution in [3.63, 3.8) is 0 Å². The van der Waals surface area contributed by atoms with Gasteiger partial charge in [-0.3, -0.25) is 20.2 Å². The first-order valence-corrected chi connectivity index (χ1v) is 10.3. The lowest BCUT2D eigenvalue weighted by Crippen LogP contribution is -2.36. The number of anilines is 2. The average Bonchev–Trinajstić information content (AvgIpc) is 3.20. The van der Waals surface area contributed by atoms with E-state index in [1.165, 1.54) is 24.5 Å². The van der Waals surface area contributed by atoms with Gasteiger partial charge in [-0.2, -0.15) is 0 Å². The first-order valence-electron chi connectivity index (χ1n) is 9.45. The van der Waals surface area contributed by atoms with Crippen LogP contribution in [0, 0.1) is 10.1 Å². The molecular weight excluding hydrogens is 424 g/mol. The van der Waals surface area contributed by atoms with Gasteiger partial charge in [-0.15, -0.1) is 0 Å². The standard InChI is InChI=1S/C20H20N4O6S/c1-28-13-10-16(29-2)18-17(11-13)31-20(21-18)22-19(25)12-3-4-14(15(9-12)24(26)27)23-5-7-30-8-6-23/h3-4,9-11H,5-8H2,1-2H3,(H,21,22,25). The van der Waals surface area contributed by atoms with Crippen LogP contribution in [0.5, 0.6) is 11.5 Å². The van der Waals surface area contributed by atoms with E-state index in [-0.39, 0.29) is 11.3 Å². The fraction of sp³-hybridized carbons (Fsp3) is 0.300. The van der Waals surface area contributed by atoms with E-state index in [1.54, 1.807) is 31.4 Å². The number of nitro benzene ring substituents is 1. The number of thiazole rings is 1. The number of benzene rings is 2. The number of ether oxygens (including phenoxy) is 3. The van der Waals surface area contributed by atoms with Gasteiger partial charge in [0, 0.05) is 30.8 Å². The van der Waals surface area contributed by atoms with Crippen molar-refractivity contribution in [3.05, 3.63) is 46.0 Å². The van der Waals surface area contributed by atoms with Crippen LogP contribution >= 0.6 is 11.3 Å². The number of aromatic nitrogens is 1. The third-order valence-corrected chi connectivity index (χ3v) is 5.81. The molecule has 11 heteroatoms. The van der Waals surface area contributed by atoms with Crippen molar-refractivity contribution in [2.45, 2.75) is 0 Å². The molecule has 1 aliphatic heterocycles. The predicted molar refractivity (Wildman–Crippen MR) is 117 cm³/mol. The number of carbonyl (C=O) groups is 1. The Balaban J connectivity index is 1.61. The van der Waals surface area contributed by atoms with Gasteiger partial charge in [-0.25, -0.2) is 4.98 Å². The van der Waals surface area contributed by atoms with Crippen molar-refractivity contribution in [1.29, 1.82) is 0 Å². The molecule has 0 spiro atoms. The first kappa shape index (κ1) is 20.8. The largest absolute Gasteiger partial charge is 0.497 e. The summed E-state index contributed by atoms with van der Waals surface area (Å²) in [7, 11) is 3.08. The molecule has 4 rings (SSSR count). The maximum Gasteiger partial charge on any atom is 0.293 e. The van der Waals surface area contributed by atoms with Crippen LogP contribution in [0.25, 0.3) is 10.2 Å². The molecule has 162 valence electrons. The van der Waals surface area contributed by atoms with E-state index in [0.717, 1.165) is 4.70 Å². The van der Waals surface area contributed by atoms with Crippen LogP contribution in [0.4, 0.5) is 16.5 Å². The van der Waals surface area contributed by atoms with Crippen molar-refractivity contribution in [2.24, 2.45) is 0 Å². The molecule has 1 aliphatic rings. The molecule has 0 saturated carbocycles. The van der Waals surface area contributed by atoms with Gasteiger partial charge in [0.15, 0.2) is 5.13 Å². The number of nitro groups is 1. The Morgan fingerprint density at radius 2 is 2.00 bits per heavy atom. The van der Waals surface area contributed by atoms with Gasteiger partial charge >= 0.3 is 0 Å². The van der Waals surface area contributed by atoms with E-state index in [2.05, 4.69) is 10.3 Å². The lowest BCUT2D eigenvalue weighted by Gasteiger charge is -2.28. The highest BCUT2D eigenvalue weighted by Crippen LogP contribution is 2.36. The molecule has 3 aromatic rings. The van der Waals surface area contributed by atoms with Gasteiger partial charge in [0.25, 0.3) is 11.6 Å². The van der Waals surface area contributed by atoms with Crippen LogP contribution in [0.15, 0.2) is 30.3 Å². The minimum Gasteiger partial charge on any atom is -0.497 e. The molecule has 1 saturated heterocycles. The van der Waals surface area contributed by atoms with Crippen LogP contribution in [0.2, 0.25) is 0 Å². The highest BCUT2D eigenvalue weighted by Gasteiger charge is 2.24. The number of nitrogens with zero attached hydrogens (tertiary/aromatic N) is 3. The van der Waals surface area contributed by atoms with Gasteiger partial charge in [0.1, 0.15) is 22.7 Å². The van der Waals surface area contributed by atoms with Crippen LogP contribution in [0.1, 0.15) is 10.4 Å². The molecule has 1 amide bonds. The molecule has 2 aromatic carbocycles. The highest BCUT2D eigenvalue weighted by molar-refractivity contribution is 7.22. The van der Waals surface area contributed by atoms with Crippen molar-refractivity contribution in [2.75, 3.05) is 50.7 Å². The molecule has 0 aliphatic carbocycles. The maximum atomic E-state index is 12.8. The Morgan fingerprint density at radius 1 is 1.23 bits per heavy atom. The lowest BCUT2D eigenvalue weighted by atomic mass is 10.1. The summed E-state index contributed by atoms with van der Waals surface area (Å²) >= 11 is 1.26. The van der Waals surface area contributed by atoms with Crippen molar-refractivity contribution < 1.29 is 23.9 Å². The Kier molecular flexibility index (Phi) is 5.87. The smallest absolute Gasteiger partial charge is 0.293 e. The Hall–Kier alpha value is -3.44. The van der Waals surface area contributed by atoms with E-state index >= 15 is 0 Å². The summed E-state index contributed by atoms with van der Waals surface area (Å²) in [6, 6.07) is 7.97. The highest BCUT2D eigenvalue weighted by atomic mass is 32.1. The zero-order valence-corrected chi connectivity index (χ0v) is 17.7. The summed E-state index contributed by atoms with van der Waals surface area (Å²) in [5.74, 6) is 0.651. The fourth-order valence-electron chi connectivity index (χ4n) is 3.35. The molecule has 0 unspecified atom stereocenters. The summed E-state index contributed by atoms with van der Waals surface area (Å²) < 4.78 is 16.7. The Labute approximate surface area is 181 Å². The van der Waals surface area contributed by atoms with Gasteiger partial charge in [-0.05, 0) is 18.2 Å². The van der Waals surface area contributed by atoms with Gasteiger partial charge in [-0.1, -0.05) is 11.3 Å². The van der Waals surface area contributed by atoms with Crippen LogP contribution in [-0.4, -0.2) is 56.3 Å². The van der Waals surface area contributed by atoms with Crippen LogP contribution in [-0.2, 0) is 4.74 Å². The van der Waals surface area contributed by atoms with Crippen molar-refractivity contribution >= 4 is 44.0 Å². The van der Waals surface area contributed by atoms with Crippen molar-refractivity contribution in [1.82, 2.24) is 4.98 Å². The zero-order chi connectivity index (χ0) is 22.0. The molecule has 1 aromatic heterocycles. The number of carbonyl (C=O) groups excluding carboxylic acids is 1. The number of fused-ring (bicyclic) bond motifs is 1. The normalized spacial score (nSPS) is 13.8. The number of morpholine rings is 1. The molecule has 2 heterocycles. The van der Waals surface area contributed by atoms with Crippen molar-refractivity contribution in [3.8, 4) is 11.5 Å². The van der Waals surface area contributed by atoms with E-state index in [4.69, 9.17) is 14.2 Å². The van der Waals surface area contributed by atoms with E-state index in [1.807, 2.05) is 4.90 Å². The summed E-state index contributed by atoms with van der Waals surface area (Å²) in [5, 5.41) is 14.7. The molecule has 0 bridgehead atoms. The van der Waals surface area contributed by atoms with Crippen LogP contribution in [0.3, 0.4) is 0 Å². The number of hydrogen-bond acceptors (Lipinski definition) is 9. The second-order valence-corrected chi connectivity index (χ2v) is 7.74. The number of hydrogen-bond donors (Lipinski definition) is 1. The second kappa shape index (κ2) is 8.74. The molecule has 1 fully saturated rings. The third kappa shape index (κ3) is 4.23. The van der Waals surface area contributed by atoms with E-state index in [9.17, 15) is 14.9 Å². The molecule has 1 N–H and O–H groups in total. The summed E-state index contributed by atoms with van der Waals surface area (Å²) in [6.45, 7) is 2.13. The topological polar surface area (TPSA) is 116 Å². The van der Waals surface area contributed by atoms with Gasteiger partial charge in [0.2, 0.25) is 0 Å². The predicted octanol–water partition coefficient (Wildman–Crippen LogP) is 3.31. The monoisotopic (exact) mass is 444 g/mol. The number of amides is 1. The minimum atomic E-state index is -0.485. The Morgan fingerprint density at radius 3 is 2.68 bits per heavy atom. The summed E-state index contributed by atoms with van der Waals surface area (Å²) in [5.41, 5.74) is 1.12. The third-order valence-electron chi connectivity index (χ3n) is 4.90. The van der Waals surface area contributed by atoms with Gasteiger partial charge in [0.05, 0.1) is 37.1 Å².